The third kappa shape index (κ3) is 3.87. The molecule has 150 valence electrons. The van der Waals surface area contributed by atoms with Crippen molar-refractivity contribution in [3.8, 4) is 0 Å². The van der Waals surface area contributed by atoms with Gasteiger partial charge < -0.3 is 4.90 Å². The van der Waals surface area contributed by atoms with Gasteiger partial charge in [-0.1, -0.05) is 12.1 Å². The molecule has 1 aromatic carbocycles. The zero-order valence-corrected chi connectivity index (χ0v) is 17.8. The number of hydrogen-bond donors (Lipinski definition) is 1. The summed E-state index contributed by atoms with van der Waals surface area (Å²) in [6, 6.07) is 7.85. The SMILES string of the molecule is Cc1ccc(C)c(S(=O)(=O)NCC(=O)N2CC(N3CCc4sccc4C3)C2)c1. The number of hydrogen-bond acceptors (Lipinski definition) is 5. The second-order valence-electron chi connectivity index (χ2n) is 7.64. The molecule has 1 N–H and O–H groups in total. The molecule has 8 heteroatoms. The number of carbonyl (C=O) groups is 1. The first-order valence-corrected chi connectivity index (χ1v) is 11.8. The van der Waals surface area contributed by atoms with Crippen LogP contribution >= 0.6 is 11.3 Å². The van der Waals surface area contributed by atoms with Crippen molar-refractivity contribution in [1.82, 2.24) is 14.5 Å². The maximum Gasteiger partial charge on any atom is 0.241 e. The van der Waals surface area contributed by atoms with Gasteiger partial charge in [-0.2, -0.15) is 0 Å². The average molecular weight is 420 g/mol. The van der Waals surface area contributed by atoms with Crippen LogP contribution < -0.4 is 4.72 Å². The van der Waals surface area contributed by atoms with Gasteiger partial charge in [-0.05, 0) is 54.5 Å². The number of benzene rings is 1. The van der Waals surface area contributed by atoms with Crippen LogP contribution in [0.5, 0.6) is 0 Å². The molecule has 0 saturated carbocycles. The van der Waals surface area contributed by atoms with E-state index in [2.05, 4.69) is 21.1 Å². The minimum Gasteiger partial charge on any atom is -0.338 e. The molecule has 1 amide bonds. The van der Waals surface area contributed by atoms with Crippen LogP contribution in [0.15, 0.2) is 34.5 Å². The van der Waals surface area contributed by atoms with Gasteiger partial charge in [0.1, 0.15) is 0 Å². The fourth-order valence-corrected chi connectivity index (χ4v) is 6.01. The number of nitrogens with one attached hydrogen (secondary N) is 1. The van der Waals surface area contributed by atoms with E-state index < -0.39 is 10.0 Å². The molecule has 0 aliphatic carbocycles. The van der Waals surface area contributed by atoms with Gasteiger partial charge in [-0.25, -0.2) is 13.1 Å². The van der Waals surface area contributed by atoms with E-state index in [0.29, 0.717) is 24.7 Å². The Balaban J connectivity index is 1.29. The highest BCUT2D eigenvalue weighted by atomic mass is 32.2. The van der Waals surface area contributed by atoms with E-state index in [1.54, 1.807) is 24.0 Å². The number of rotatable bonds is 5. The molecule has 0 unspecified atom stereocenters. The van der Waals surface area contributed by atoms with Crippen molar-refractivity contribution < 1.29 is 13.2 Å². The fourth-order valence-electron chi connectivity index (χ4n) is 3.81. The number of fused-ring (bicyclic) bond motifs is 1. The Hall–Kier alpha value is -1.74. The molecule has 0 radical (unpaired) electrons. The lowest BCUT2D eigenvalue weighted by molar-refractivity contribution is -0.137. The van der Waals surface area contributed by atoms with E-state index in [0.717, 1.165) is 25.1 Å². The van der Waals surface area contributed by atoms with Crippen molar-refractivity contribution in [3.05, 3.63) is 51.2 Å². The number of likely N-dealkylation sites (tertiary alicyclic amines) is 1. The molecule has 0 bridgehead atoms. The number of carbonyl (C=O) groups excluding carboxylic acids is 1. The monoisotopic (exact) mass is 419 g/mol. The number of aryl methyl sites for hydroxylation is 2. The second-order valence-corrected chi connectivity index (χ2v) is 10.4. The van der Waals surface area contributed by atoms with E-state index in [4.69, 9.17) is 0 Å². The van der Waals surface area contributed by atoms with Crippen molar-refractivity contribution in [3.63, 3.8) is 0 Å². The summed E-state index contributed by atoms with van der Waals surface area (Å²) in [5.41, 5.74) is 2.95. The first-order chi connectivity index (χ1) is 13.3. The quantitative estimate of drug-likeness (QED) is 0.804. The Morgan fingerprint density at radius 3 is 2.82 bits per heavy atom. The van der Waals surface area contributed by atoms with Crippen LogP contribution in [0.4, 0.5) is 0 Å². The van der Waals surface area contributed by atoms with Crippen LogP contribution in [0.1, 0.15) is 21.6 Å². The maximum absolute atomic E-state index is 12.6. The average Bonchev–Trinajstić information content (AvgIpc) is 3.08. The van der Waals surface area contributed by atoms with Crippen LogP contribution in [0, 0.1) is 13.8 Å². The van der Waals surface area contributed by atoms with Crippen molar-refractivity contribution in [2.24, 2.45) is 0 Å². The number of thiophene rings is 1. The first kappa shape index (κ1) is 19.6. The van der Waals surface area contributed by atoms with Crippen LogP contribution in [-0.4, -0.2) is 56.3 Å². The predicted octanol–water partition coefficient (Wildman–Crippen LogP) is 1.91. The van der Waals surface area contributed by atoms with Gasteiger partial charge in [-0.3, -0.25) is 9.69 Å². The maximum atomic E-state index is 12.6. The predicted molar refractivity (Wildman–Crippen MR) is 110 cm³/mol. The minimum absolute atomic E-state index is 0.168. The van der Waals surface area contributed by atoms with Crippen LogP contribution in [0.25, 0.3) is 0 Å². The van der Waals surface area contributed by atoms with E-state index >= 15 is 0 Å². The Labute approximate surface area is 170 Å². The molecule has 2 aromatic rings. The minimum atomic E-state index is -3.69. The molecule has 2 aliphatic rings. The molecule has 6 nitrogen and oxygen atoms in total. The Morgan fingerprint density at radius 2 is 2.04 bits per heavy atom. The van der Waals surface area contributed by atoms with Crippen LogP contribution in [0.2, 0.25) is 0 Å². The van der Waals surface area contributed by atoms with Gasteiger partial charge in [0.05, 0.1) is 11.4 Å². The van der Waals surface area contributed by atoms with Gasteiger partial charge in [0.2, 0.25) is 15.9 Å². The van der Waals surface area contributed by atoms with Gasteiger partial charge in [-0.15, -0.1) is 11.3 Å². The lowest BCUT2D eigenvalue weighted by Gasteiger charge is -2.46. The van der Waals surface area contributed by atoms with Crippen molar-refractivity contribution in [1.29, 1.82) is 0 Å². The van der Waals surface area contributed by atoms with E-state index in [9.17, 15) is 13.2 Å². The molecule has 1 saturated heterocycles. The summed E-state index contributed by atoms with van der Waals surface area (Å²) in [6.45, 7) is 6.73. The number of amides is 1. The van der Waals surface area contributed by atoms with E-state index in [-0.39, 0.29) is 17.3 Å². The molecule has 0 atom stereocenters. The number of nitrogens with zero attached hydrogens (tertiary/aromatic N) is 2. The molecule has 0 spiro atoms. The zero-order chi connectivity index (χ0) is 19.9. The topological polar surface area (TPSA) is 69.7 Å². The lowest BCUT2D eigenvalue weighted by Crippen LogP contribution is -2.62. The highest BCUT2D eigenvalue weighted by Gasteiger charge is 2.36. The first-order valence-electron chi connectivity index (χ1n) is 9.47. The Bertz CT molecular complexity index is 994. The summed E-state index contributed by atoms with van der Waals surface area (Å²) >= 11 is 1.82. The van der Waals surface area contributed by atoms with Crippen molar-refractivity contribution in [2.45, 2.75) is 37.8 Å². The molecular formula is C20H25N3O3S2. The molecule has 4 rings (SSSR count). The molecular weight excluding hydrogens is 394 g/mol. The summed E-state index contributed by atoms with van der Waals surface area (Å²) < 4.78 is 27.6. The summed E-state index contributed by atoms with van der Waals surface area (Å²) in [5, 5.41) is 2.15. The van der Waals surface area contributed by atoms with E-state index in [1.165, 1.54) is 10.4 Å². The molecule has 2 aliphatic heterocycles. The van der Waals surface area contributed by atoms with Gasteiger partial charge >= 0.3 is 0 Å². The third-order valence-corrected chi connectivity index (χ3v) is 8.18. The second kappa shape index (κ2) is 7.59. The number of sulfonamides is 1. The molecule has 28 heavy (non-hydrogen) atoms. The summed E-state index contributed by atoms with van der Waals surface area (Å²) in [5.74, 6) is -0.168. The normalized spacial score (nSPS) is 18.0. The Morgan fingerprint density at radius 1 is 1.25 bits per heavy atom. The van der Waals surface area contributed by atoms with Gasteiger partial charge in [0.25, 0.3) is 0 Å². The highest BCUT2D eigenvalue weighted by molar-refractivity contribution is 7.89. The van der Waals surface area contributed by atoms with Crippen molar-refractivity contribution in [2.75, 3.05) is 26.2 Å². The van der Waals surface area contributed by atoms with Gasteiger partial charge in [0.15, 0.2) is 0 Å². The molecule has 1 fully saturated rings. The molecule has 1 aromatic heterocycles. The van der Waals surface area contributed by atoms with Crippen LogP contribution in [0.3, 0.4) is 0 Å². The summed E-state index contributed by atoms with van der Waals surface area (Å²) in [6.07, 6.45) is 1.08. The summed E-state index contributed by atoms with van der Waals surface area (Å²) in [7, 11) is -3.69. The van der Waals surface area contributed by atoms with Crippen molar-refractivity contribution >= 4 is 27.3 Å². The summed E-state index contributed by atoms with van der Waals surface area (Å²) in [4.78, 5) is 18.3. The fraction of sp³-hybridized carbons (Fsp3) is 0.450. The largest absolute Gasteiger partial charge is 0.338 e. The van der Waals surface area contributed by atoms with Crippen LogP contribution in [-0.2, 0) is 27.8 Å². The smallest absolute Gasteiger partial charge is 0.241 e. The standard InChI is InChI=1S/C20H25N3O3S2/c1-14-3-4-15(2)19(9-14)28(25,26)21-10-20(24)23-12-17(13-23)22-7-5-18-16(11-22)6-8-27-18/h3-4,6,8-9,17,21H,5,7,10-13H2,1-2H3. The third-order valence-electron chi connectivity index (χ3n) is 5.62. The highest BCUT2D eigenvalue weighted by Crippen LogP contribution is 2.27. The van der Waals surface area contributed by atoms with Gasteiger partial charge in [0, 0.05) is 37.1 Å². The van der Waals surface area contributed by atoms with E-state index in [1.807, 2.05) is 24.3 Å². The molecule has 3 heterocycles. The Kier molecular flexibility index (Phi) is 5.30. The lowest BCUT2D eigenvalue weighted by atomic mass is 10.0. The zero-order valence-electron chi connectivity index (χ0n) is 16.1.